The molecule has 2 aromatic rings. The van der Waals surface area contributed by atoms with Crippen molar-refractivity contribution in [1.82, 2.24) is 5.32 Å². The molecule has 0 bridgehead atoms. The highest BCUT2D eigenvalue weighted by Gasteiger charge is 2.07. The normalized spacial score (nSPS) is 10.7. The van der Waals surface area contributed by atoms with Gasteiger partial charge in [0, 0.05) is 16.6 Å². The van der Waals surface area contributed by atoms with E-state index in [0.717, 1.165) is 35.5 Å². The summed E-state index contributed by atoms with van der Waals surface area (Å²) in [6.07, 6.45) is 1.13. The Morgan fingerprint density at radius 1 is 1.05 bits per heavy atom. The molecule has 0 saturated carbocycles. The summed E-state index contributed by atoms with van der Waals surface area (Å²) in [4.78, 5) is 0. The van der Waals surface area contributed by atoms with Gasteiger partial charge in [0.1, 0.15) is 11.5 Å². The van der Waals surface area contributed by atoms with E-state index in [4.69, 9.17) is 4.74 Å². The number of ether oxygens (including phenoxy) is 1. The standard InChI is InChI=1S/C18H22BrNO/c1-4-9-20-12-15-6-7-16(19)11-18(15)21-17-8-5-13(2)14(3)10-17/h5-8,10-11,20H,4,9,12H2,1-3H3. The lowest BCUT2D eigenvalue weighted by Gasteiger charge is -2.13. The minimum atomic E-state index is 0.821. The van der Waals surface area contributed by atoms with Crippen molar-refractivity contribution in [3.05, 3.63) is 57.6 Å². The highest BCUT2D eigenvalue weighted by Crippen LogP contribution is 2.29. The first-order chi connectivity index (χ1) is 10.1. The zero-order valence-corrected chi connectivity index (χ0v) is 14.5. The van der Waals surface area contributed by atoms with Crippen molar-refractivity contribution < 1.29 is 4.74 Å². The number of aryl methyl sites for hydroxylation is 2. The predicted octanol–water partition coefficient (Wildman–Crippen LogP) is 5.36. The van der Waals surface area contributed by atoms with Gasteiger partial charge in [-0.3, -0.25) is 0 Å². The van der Waals surface area contributed by atoms with E-state index < -0.39 is 0 Å². The molecule has 2 nitrogen and oxygen atoms in total. The molecular formula is C18H22BrNO. The van der Waals surface area contributed by atoms with E-state index in [0.29, 0.717) is 0 Å². The van der Waals surface area contributed by atoms with Gasteiger partial charge in [-0.1, -0.05) is 35.0 Å². The third-order valence-electron chi connectivity index (χ3n) is 3.48. The van der Waals surface area contributed by atoms with Gasteiger partial charge in [0.2, 0.25) is 0 Å². The molecular weight excluding hydrogens is 326 g/mol. The fraction of sp³-hybridized carbons (Fsp3) is 0.333. The van der Waals surface area contributed by atoms with E-state index in [1.807, 2.05) is 12.1 Å². The maximum absolute atomic E-state index is 6.09. The molecule has 2 aromatic carbocycles. The lowest BCUT2D eigenvalue weighted by atomic mass is 10.1. The largest absolute Gasteiger partial charge is 0.457 e. The second kappa shape index (κ2) is 7.62. The first kappa shape index (κ1) is 16.1. The summed E-state index contributed by atoms with van der Waals surface area (Å²) in [6.45, 7) is 8.21. The van der Waals surface area contributed by atoms with E-state index in [2.05, 4.69) is 66.3 Å². The fourth-order valence-corrected chi connectivity index (χ4v) is 2.41. The second-order valence-electron chi connectivity index (χ2n) is 5.28. The van der Waals surface area contributed by atoms with E-state index >= 15 is 0 Å². The number of halogens is 1. The highest BCUT2D eigenvalue weighted by atomic mass is 79.9. The monoisotopic (exact) mass is 347 g/mol. The fourth-order valence-electron chi connectivity index (χ4n) is 2.07. The van der Waals surface area contributed by atoms with Gasteiger partial charge in [-0.2, -0.15) is 0 Å². The first-order valence-electron chi connectivity index (χ1n) is 7.34. The smallest absolute Gasteiger partial charge is 0.133 e. The Balaban J connectivity index is 2.20. The third-order valence-corrected chi connectivity index (χ3v) is 3.97. The molecule has 0 aliphatic carbocycles. The lowest BCUT2D eigenvalue weighted by molar-refractivity contribution is 0.472. The molecule has 2 rings (SSSR count). The summed E-state index contributed by atoms with van der Waals surface area (Å²) in [6, 6.07) is 12.4. The Labute approximate surface area is 135 Å². The van der Waals surface area contributed by atoms with Gasteiger partial charge in [0.15, 0.2) is 0 Å². The van der Waals surface area contributed by atoms with Crippen molar-refractivity contribution in [3.8, 4) is 11.5 Å². The molecule has 1 N–H and O–H groups in total. The lowest BCUT2D eigenvalue weighted by Crippen LogP contribution is -2.14. The van der Waals surface area contributed by atoms with Gasteiger partial charge < -0.3 is 10.1 Å². The molecule has 0 amide bonds. The summed E-state index contributed by atoms with van der Waals surface area (Å²) in [5.41, 5.74) is 3.69. The SMILES string of the molecule is CCCNCc1ccc(Br)cc1Oc1ccc(C)c(C)c1. The van der Waals surface area contributed by atoms with Gasteiger partial charge in [-0.25, -0.2) is 0 Å². The average molecular weight is 348 g/mol. The van der Waals surface area contributed by atoms with Crippen LogP contribution in [0.2, 0.25) is 0 Å². The second-order valence-corrected chi connectivity index (χ2v) is 6.19. The van der Waals surface area contributed by atoms with Crippen LogP contribution in [0.5, 0.6) is 11.5 Å². The molecule has 3 heteroatoms. The van der Waals surface area contributed by atoms with Crippen LogP contribution in [0.25, 0.3) is 0 Å². The zero-order chi connectivity index (χ0) is 15.2. The molecule has 0 unspecified atom stereocenters. The Bertz CT molecular complexity index is 610. The van der Waals surface area contributed by atoms with Gasteiger partial charge >= 0.3 is 0 Å². The van der Waals surface area contributed by atoms with E-state index in [9.17, 15) is 0 Å². The van der Waals surface area contributed by atoms with Crippen LogP contribution >= 0.6 is 15.9 Å². The summed E-state index contributed by atoms with van der Waals surface area (Å²) in [5, 5.41) is 3.42. The Morgan fingerprint density at radius 3 is 2.57 bits per heavy atom. The summed E-state index contributed by atoms with van der Waals surface area (Å²) < 4.78 is 7.12. The summed E-state index contributed by atoms with van der Waals surface area (Å²) in [7, 11) is 0. The number of hydrogen-bond acceptors (Lipinski definition) is 2. The van der Waals surface area contributed by atoms with Crippen molar-refractivity contribution in [2.75, 3.05) is 6.54 Å². The third kappa shape index (κ3) is 4.58. The molecule has 21 heavy (non-hydrogen) atoms. The van der Waals surface area contributed by atoms with Gasteiger partial charge in [0.05, 0.1) is 0 Å². The van der Waals surface area contributed by atoms with Gasteiger partial charge in [-0.05, 0) is 62.2 Å². The Kier molecular flexibility index (Phi) is 5.83. The van der Waals surface area contributed by atoms with Crippen molar-refractivity contribution >= 4 is 15.9 Å². The Hall–Kier alpha value is -1.32. The van der Waals surface area contributed by atoms with Crippen LogP contribution in [0.15, 0.2) is 40.9 Å². The molecule has 0 aliphatic heterocycles. The van der Waals surface area contributed by atoms with E-state index in [1.54, 1.807) is 0 Å². The Morgan fingerprint density at radius 2 is 1.86 bits per heavy atom. The van der Waals surface area contributed by atoms with E-state index in [1.165, 1.54) is 16.7 Å². The first-order valence-corrected chi connectivity index (χ1v) is 8.13. The summed E-state index contributed by atoms with van der Waals surface area (Å²) in [5.74, 6) is 1.78. The van der Waals surface area contributed by atoms with Crippen LogP contribution in [0.3, 0.4) is 0 Å². The van der Waals surface area contributed by atoms with Crippen LogP contribution in [-0.4, -0.2) is 6.54 Å². The van der Waals surface area contributed by atoms with Crippen LogP contribution < -0.4 is 10.1 Å². The number of nitrogens with one attached hydrogen (secondary N) is 1. The van der Waals surface area contributed by atoms with Crippen LogP contribution in [0, 0.1) is 13.8 Å². The van der Waals surface area contributed by atoms with Crippen molar-refractivity contribution in [3.63, 3.8) is 0 Å². The minimum absolute atomic E-state index is 0.821. The minimum Gasteiger partial charge on any atom is -0.457 e. The summed E-state index contributed by atoms with van der Waals surface area (Å²) >= 11 is 3.52. The van der Waals surface area contributed by atoms with E-state index in [-0.39, 0.29) is 0 Å². The topological polar surface area (TPSA) is 21.3 Å². The maximum Gasteiger partial charge on any atom is 0.133 e. The van der Waals surface area contributed by atoms with Gasteiger partial charge in [0.25, 0.3) is 0 Å². The average Bonchev–Trinajstić information content (AvgIpc) is 2.45. The number of benzene rings is 2. The highest BCUT2D eigenvalue weighted by molar-refractivity contribution is 9.10. The molecule has 0 atom stereocenters. The molecule has 0 aromatic heterocycles. The molecule has 0 radical (unpaired) electrons. The molecule has 0 heterocycles. The van der Waals surface area contributed by atoms with Crippen molar-refractivity contribution in [1.29, 1.82) is 0 Å². The predicted molar refractivity (Wildman–Crippen MR) is 92.1 cm³/mol. The maximum atomic E-state index is 6.09. The quantitative estimate of drug-likeness (QED) is 0.710. The van der Waals surface area contributed by atoms with Crippen LogP contribution in [-0.2, 0) is 6.54 Å². The number of hydrogen-bond donors (Lipinski definition) is 1. The molecule has 0 saturated heterocycles. The van der Waals surface area contributed by atoms with Crippen LogP contribution in [0.4, 0.5) is 0 Å². The van der Waals surface area contributed by atoms with Crippen molar-refractivity contribution in [2.45, 2.75) is 33.7 Å². The zero-order valence-electron chi connectivity index (χ0n) is 12.9. The molecule has 0 aliphatic rings. The molecule has 0 fully saturated rings. The number of rotatable bonds is 6. The molecule has 0 spiro atoms. The van der Waals surface area contributed by atoms with Crippen LogP contribution in [0.1, 0.15) is 30.0 Å². The molecule has 112 valence electrons. The van der Waals surface area contributed by atoms with Crippen molar-refractivity contribution in [2.24, 2.45) is 0 Å². The van der Waals surface area contributed by atoms with Gasteiger partial charge in [-0.15, -0.1) is 0 Å².